The van der Waals surface area contributed by atoms with Crippen LogP contribution in [-0.2, 0) is 21.4 Å². The summed E-state index contributed by atoms with van der Waals surface area (Å²) in [6, 6.07) is 7.37. The summed E-state index contributed by atoms with van der Waals surface area (Å²) < 4.78 is 83.4. The van der Waals surface area contributed by atoms with E-state index in [0.29, 0.717) is 4.90 Å². The molecule has 0 atom stereocenters. The third-order valence-corrected chi connectivity index (χ3v) is 6.78. The van der Waals surface area contributed by atoms with E-state index in [1.54, 1.807) is 0 Å². The van der Waals surface area contributed by atoms with Crippen LogP contribution in [0.15, 0.2) is 52.0 Å². The number of rotatable bonds is 6. The molecule has 1 aromatic carbocycles. The minimum Gasteiger partial charge on any atom is -0.467 e. The first-order valence-electron chi connectivity index (χ1n) is 9.20. The summed E-state index contributed by atoms with van der Waals surface area (Å²) in [7, 11) is -3.87. The highest BCUT2D eigenvalue weighted by atomic mass is 32.2. The number of benzene rings is 1. The number of alkyl halides is 3. The Bertz CT molecular complexity index is 951. The van der Waals surface area contributed by atoms with Crippen molar-refractivity contribution in [3.63, 3.8) is 0 Å². The first kappa shape index (κ1) is 22.3. The van der Waals surface area contributed by atoms with Crippen LogP contribution in [0.2, 0.25) is 0 Å². The molecule has 1 aromatic heterocycles. The zero-order valence-corrected chi connectivity index (χ0v) is 16.6. The maximum atomic E-state index is 13.0. The third-order valence-electron chi connectivity index (χ3n) is 4.86. The van der Waals surface area contributed by atoms with E-state index in [4.69, 9.17) is 4.42 Å². The molecular weight excluding hydrogens is 428 g/mol. The summed E-state index contributed by atoms with van der Waals surface area (Å²) in [6.45, 7) is -1.77. The van der Waals surface area contributed by atoms with E-state index in [1.165, 1.54) is 18.4 Å². The first-order chi connectivity index (χ1) is 14.1. The molecule has 164 valence electrons. The second kappa shape index (κ2) is 8.76. The van der Waals surface area contributed by atoms with Crippen molar-refractivity contribution in [3.8, 4) is 0 Å². The van der Waals surface area contributed by atoms with Crippen molar-refractivity contribution in [2.24, 2.45) is 5.92 Å². The highest BCUT2D eigenvalue weighted by molar-refractivity contribution is 7.89. The van der Waals surface area contributed by atoms with Gasteiger partial charge in [-0.05, 0) is 49.2 Å². The normalized spacial score (nSPS) is 16.5. The largest absolute Gasteiger partial charge is 0.467 e. The molecule has 0 bridgehead atoms. The van der Waals surface area contributed by atoms with Gasteiger partial charge in [0.1, 0.15) is 18.1 Å². The Balaban J connectivity index is 1.67. The van der Waals surface area contributed by atoms with Gasteiger partial charge < -0.3 is 9.32 Å². The van der Waals surface area contributed by atoms with Gasteiger partial charge in [0.05, 0.1) is 17.7 Å². The standard InChI is InChI=1S/C19H20F4N2O4S/c20-15-3-5-17(6-4-15)30(27,28)25-9-7-14(8-10-25)18(26)24(13-19(21,22)23)12-16-2-1-11-29-16/h1-6,11,14H,7-10,12-13H2. The fourth-order valence-corrected chi connectivity index (χ4v) is 4.85. The molecule has 1 saturated heterocycles. The Morgan fingerprint density at radius 2 is 1.77 bits per heavy atom. The first-order valence-corrected chi connectivity index (χ1v) is 10.6. The van der Waals surface area contributed by atoms with Crippen LogP contribution in [0.4, 0.5) is 17.6 Å². The molecule has 6 nitrogen and oxygen atoms in total. The fraction of sp³-hybridized carbons (Fsp3) is 0.421. The molecule has 0 aliphatic carbocycles. The predicted octanol–water partition coefficient (Wildman–Crippen LogP) is 3.41. The maximum absolute atomic E-state index is 13.0. The molecule has 30 heavy (non-hydrogen) atoms. The number of hydrogen-bond acceptors (Lipinski definition) is 4. The quantitative estimate of drug-likeness (QED) is 0.635. The zero-order valence-electron chi connectivity index (χ0n) is 15.8. The smallest absolute Gasteiger partial charge is 0.406 e. The molecule has 3 rings (SSSR count). The number of halogens is 4. The highest BCUT2D eigenvalue weighted by Crippen LogP contribution is 2.27. The Kier molecular flexibility index (Phi) is 6.51. The number of hydrogen-bond donors (Lipinski definition) is 0. The minimum atomic E-state index is -4.57. The number of amides is 1. The van der Waals surface area contributed by atoms with Crippen LogP contribution in [0.1, 0.15) is 18.6 Å². The van der Waals surface area contributed by atoms with Gasteiger partial charge >= 0.3 is 6.18 Å². The minimum absolute atomic E-state index is 0.0171. The Labute approximate surface area is 171 Å². The van der Waals surface area contributed by atoms with Gasteiger partial charge in [-0.3, -0.25) is 4.79 Å². The van der Waals surface area contributed by atoms with Gasteiger partial charge in [-0.25, -0.2) is 12.8 Å². The van der Waals surface area contributed by atoms with Crippen LogP contribution < -0.4 is 0 Å². The van der Waals surface area contributed by atoms with Gasteiger partial charge in [-0.1, -0.05) is 0 Å². The second-order valence-electron chi connectivity index (χ2n) is 7.02. The summed E-state index contributed by atoms with van der Waals surface area (Å²) in [5, 5.41) is 0. The number of carbonyl (C=O) groups excluding carboxylic acids is 1. The Morgan fingerprint density at radius 1 is 1.13 bits per heavy atom. The lowest BCUT2D eigenvalue weighted by Crippen LogP contribution is -2.46. The van der Waals surface area contributed by atoms with Crippen molar-refractivity contribution in [2.45, 2.75) is 30.5 Å². The molecule has 0 N–H and O–H groups in total. The van der Waals surface area contributed by atoms with Gasteiger partial charge in [0.15, 0.2) is 0 Å². The summed E-state index contributed by atoms with van der Waals surface area (Å²) in [6.07, 6.45) is -3.09. The molecular formula is C19H20F4N2O4S. The Hall–Kier alpha value is -2.40. The zero-order chi connectivity index (χ0) is 21.9. The number of sulfonamides is 1. The number of furan rings is 1. The molecule has 1 aliphatic heterocycles. The van der Waals surface area contributed by atoms with Crippen LogP contribution in [0, 0.1) is 11.7 Å². The van der Waals surface area contributed by atoms with Crippen LogP contribution in [0.25, 0.3) is 0 Å². The number of nitrogens with zero attached hydrogens (tertiary/aromatic N) is 2. The topological polar surface area (TPSA) is 70.8 Å². The van der Waals surface area contributed by atoms with Gasteiger partial charge in [-0.2, -0.15) is 17.5 Å². The van der Waals surface area contributed by atoms with Crippen molar-refractivity contribution in [2.75, 3.05) is 19.6 Å². The van der Waals surface area contributed by atoms with E-state index in [-0.39, 0.29) is 43.1 Å². The van der Waals surface area contributed by atoms with E-state index < -0.39 is 40.4 Å². The number of carbonyl (C=O) groups is 1. The van der Waals surface area contributed by atoms with Crippen molar-refractivity contribution in [3.05, 3.63) is 54.2 Å². The molecule has 2 heterocycles. The number of piperidine rings is 1. The van der Waals surface area contributed by atoms with Gasteiger partial charge in [-0.15, -0.1) is 0 Å². The lowest BCUT2D eigenvalue weighted by molar-refractivity contribution is -0.166. The van der Waals surface area contributed by atoms with Gasteiger partial charge in [0, 0.05) is 19.0 Å². The average molecular weight is 448 g/mol. The van der Waals surface area contributed by atoms with Gasteiger partial charge in [0.25, 0.3) is 0 Å². The van der Waals surface area contributed by atoms with Crippen molar-refractivity contribution in [1.29, 1.82) is 0 Å². The molecule has 0 saturated carbocycles. The molecule has 1 amide bonds. The van der Waals surface area contributed by atoms with Crippen molar-refractivity contribution < 1.29 is 35.2 Å². The maximum Gasteiger partial charge on any atom is 0.406 e. The third kappa shape index (κ3) is 5.39. The Morgan fingerprint density at radius 3 is 2.30 bits per heavy atom. The van der Waals surface area contributed by atoms with Crippen LogP contribution in [0.3, 0.4) is 0 Å². The summed E-state index contributed by atoms with van der Waals surface area (Å²) in [4.78, 5) is 13.4. The van der Waals surface area contributed by atoms with Gasteiger partial charge in [0.2, 0.25) is 15.9 Å². The highest BCUT2D eigenvalue weighted by Gasteiger charge is 2.38. The van der Waals surface area contributed by atoms with E-state index in [2.05, 4.69) is 0 Å². The fourth-order valence-electron chi connectivity index (χ4n) is 3.38. The van der Waals surface area contributed by atoms with E-state index in [0.717, 1.165) is 28.6 Å². The molecule has 1 fully saturated rings. The van der Waals surface area contributed by atoms with Crippen molar-refractivity contribution in [1.82, 2.24) is 9.21 Å². The second-order valence-corrected chi connectivity index (χ2v) is 8.96. The monoisotopic (exact) mass is 448 g/mol. The predicted molar refractivity (Wildman–Crippen MR) is 98.1 cm³/mol. The van der Waals surface area contributed by atoms with E-state index in [9.17, 15) is 30.8 Å². The summed E-state index contributed by atoms with van der Waals surface area (Å²) in [5.74, 6) is -1.77. The van der Waals surface area contributed by atoms with Crippen molar-refractivity contribution >= 4 is 15.9 Å². The molecule has 0 spiro atoms. The van der Waals surface area contributed by atoms with E-state index >= 15 is 0 Å². The van der Waals surface area contributed by atoms with Crippen LogP contribution in [0.5, 0.6) is 0 Å². The lowest BCUT2D eigenvalue weighted by Gasteiger charge is -2.33. The molecule has 11 heteroatoms. The summed E-state index contributed by atoms with van der Waals surface area (Å²) in [5.41, 5.74) is 0. The lowest BCUT2D eigenvalue weighted by atomic mass is 9.96. The summed E-state index contributed by atoms with van der Waals surface area (Å²) >= 11 is 0. The SMILES string of the molecule is O=C(C1CCN(S(=O)(=O)c2ccc(F)cc2)CC1)N(Cc1ccco1)CC(F)(F)F. The van der Waals surface area contributed by atoms with Crippen LogP contribution in [-0.4, -0.2) is 49.3 Å². The van der Waals surface area contributed by atoms with Crippen LogP contribution >= 0.6 is 0 Å². The molecule has 2 aromatic rings. The molecule has 1 aliphatic rings. The van der Waals surface area contributed by atoms with E-state index in [1.807, 2.05) is 0 Å². The average Bonchev–Trinajstić information content (AvgIpc) is 3.19. The molecule has 0 unspecified atom stereocenters. The molecule has 0 radical (unpaired) electrons.